The molecule has 2 N–H and O–H groups in total. The van der Waals surface area contributed by atoms with Crippen LogP contribution in [0.25, 0.3) is 5.69 Å². The minimum absolute atomic E-state index is 0.132. The maximum atomic E-state index is 13.2. The summed E-state index contributed by atoms with van der Waals surface area (Å²) in [5.41, 5.74) is 1.32. The van der Waals surface area contributed by atoms with Crippen LogP contribution in [0.4, 0.5) is 16.2 Å². The number of hydrogen-bond donors (Lipinski definition) is 2. The Balaban J connectivity index is 1.99. The van der Waals surface area contributed by atoms with E-state index in [4.69, 9.17) is 21.1 Å². The first-order valence-electron chi connectivity index (χ1n) is 10.7. The standard InChI is InChI=1S/C23H26ClN5O7S/c1-23(2,3)14-10-16(20(34-4)17(11-14)27-37(6,32)33)25-21(30)13-7-8-15(24)18(9-13)29-12-19(26-28-29)36-22(31)35-5/h7-12,27H,1-6H3,(H,25,30). The normalized spacial score (nSPS) is 11.5. The van der Waals surface area contributed by atoms with Gasteiger partial charge in [-0.25, -0.2) is 17.9 Å². The van der Waals surface area contributed by atoms with Crippen LogP contribution in [0, 0.1) is 0 Å². The number of ether oxygens (including phenoxy) is 3. The fraction of sp³-hybridized carbons (Fsp3) is 0.304. The van der Waals surface area contributed by atoms with E-state index in [-0.39, 0.29) is 44.7 Å². The molecular formula is C23H26ClN5O7S. The third-order valence-electron chi connectivity index (χ3n) is 4.98. The summed E-state index contributed by atoms with van der Waals surface area (Å²) in [6.45, 7) is 5.85. The summed E-state index contributed by atoms with van der Waals surface area (Å²) < 4.78 is 42.3. The Morgan fingerprint density at radius 2 is 1.76 bits per heavy atom. The fourth-order valence-corrected chi connectivity index (χ4v) is 3.97. The summed E-state index contributed by atoms with van der Waals surface area (Å²) in [7, 11) is -1.11. The van der Waals surface area contributed by atoms with Gasteiger partial charge in [0.2, 0.25) is 10.0 Å². The molecule has 37 heavy (non-hydrogen) atoms. The number of nitrogens with zero attached hydrogens (tertiary/aromatic N) is 3. The predicted molar refractivity (Wildman–Crippen MR) is 138 cm³/mol. The third kappa shape index (κ3) is 6.89. The second-order valence-corrected chi connectivity index (χ2v) is 11.1. The number of hydrogen-bond acceptors (Lipinski definition) is 9. The number of carbonyl (C=O) groups excluding carboxylic acids is 2. The quantitative estimate of drug-likeness (QED) is 0.415. The maximum Gasteiger partial charge on any atom is 0.515 e. The van der Waals surface area contributed by atoms with Crippen molar-refractivity contribution in [3.05, 3.63) is 52.7 Å². The van der Waals surface area contributed by atoms with Crippen LogP contribution in [0.3, 0.4) is 0 Å². The van der Waals surface area contributed by atoms with Crippen molar-refractivity contribution in [1.82, 2.24) is 15.0 Å². The Labute approximate surface area is 218 Å². The maximum absolute atomic E-state index is 13.2. The van der Waals surface area contributed by atoms with Crippen molar-refractivity contribution in [1.29, 1.82) is 0 Å². The van der Waals surface area contributed by atoms with Crippen molar-refractivity contribution in [2.24, 2.45) is 0 Å². The molecule has 0 saturated heterocycles. The third-order valence-corrected chi connectivity index (χ3v) is 5.90. The van der Waals surface area contributed by atoms with Gasteiger partial charge in [-0.05, 0) is 41.3 Å². The molecule has 2 aromatic carbocycles. The van der Waals surface area contributed by atoms with E-state index in [2.05, 4.69) is 25.1 Å². The summed E-state index contributed by atoms with van der Waals surface area (Å²) in [6.07, 6.45) is 1.34. The fourth-order valence-electron chi connectivity index (χ4n) is 3.21. The zero-order valence-electron chi connectivity index (χ0n) is 20.9. The average molecular weight is 552 g/mol. The van der Waals surface area contributed by atoms with Gasteiger partial charge in [0.05, 0.1) is 48.8 Å². The zero-order valence-corrected chi connectivity index (χ0v) is 22.5. The highest BCUT2D eigenvalue weighted by Crippen LogP contribution is 2.39. The Morgan fingerprint density at radius 1 is 1.08 bits per heavy atom. The Morgan fingerprint density at radius 3 is 2.35 bits per heavy atom. The van der Waals surface area contributed by atoms with E-state index in [0.29, 0.717) is 0 Å². The first-order valence-corrected chi connectivity index (χ1v) is 13.0. The van der Waals surface area contributed by atoms with Gasteiger partial charge in [-0.1, -0.05) is 42.7 Å². The Bertz CT molecular complexity index is 1450. The molecule has 0 saturated carbocycles. The molecule has 1 heterocycles. The first kappa shape index (κ1) is 27.7. The number of halogens is 1. The molecule has 0 aliphatic carbocycles. The van der Waals surface area contributed by atoms with Crippen molar-refractivity contribution in [3.63, 3.8) is 0 Å². The van der Waals surface area contributed by atoms with Crippen LogP contribution in [0.5, 0.6) is 11.6 Å². The highest BCUT2D eigenvalue weighted by molar-refractivity contribution is 7.92. The first-order chi connectivity index (χ1) is 17.2. The van der Waals surface area contributed by atoms with Crippen molar-refractivity contribution < 1.29 is 32.2 Å². The summed E-state index contributed by atoms with van der Waals surface area (Å²) in [6, 6.07) is 7.83. The lowest BCUT2D eigenvalue weighted by atomic mass is 9.86. The van der Waals surface area contributed by atoms with Gasteiger partial charge in [0.1, 0.15) is 0 Å². The summed E-state index contributed by atoms with van der Waals surface area (Å²) >= 11 is 6.30. The van der Waals surface area contributed by atoms with E-state index in [9.17, 15) is 18.0 Å². The van der Waals surface area contributed by atoms with Gasteiger partial charge in [0.25, 0.3) is 11.8 Å². The lowest BCUT2D eigenvalue weighted by Gasteiger charge is -2.24. The molecular weight excluding hydrogens is 526 g/mol. The van der Waals surface area contributed by atoms with Gasteiger partial charge in [-0.15, -0.1) is 0 Å². The Kier molecular flexibility index (Phi) is 7.98. The number of amides is 1. The number of rotatable bonds is 7. The van der Waals surface area contributed by atoms with Crippen molar-refractivity contribution in [2.75, 3.05) is 30.5 Å². The lowest BCUT2D eigenvalue weighted by molar-refractivity contribution is 0.102. The molecule has 0 radical (unpaired) electrons. The van der Waals surface area contributed by atoms with Gasteiger partial charge < -0.3 is 19.5 Å². The molecule has 12 nitrogen and oxygen atoms in total. The molecule has 3 aromatic rings. The minimum Gasteiger partial charge on any atom is -0.492 e. The molecule has 1 aromatic heterocycles. The highest BCUT2D eigenvalue weighted by Gasteiger charge is 2.23. The van der Waals surface area contributed by atoms with E-state index in [1.165, 1.54) is 36.2 Å². The molecule has 0 bridgehead atoms. The van der Waals surface area contributed by atoms with E-state index >= 15 is 0 Å². The second kappa shape index (κ2) is 10.6. The van der Waals surface area contributed by atoms with Crippen LogP contribution in [0.2, 0.25) is 5.02 Å². The van der Waals surface area contributed by atoms with Crippen molar-refractivity contribution in [3.8, 4) is 17.3 Å². The minimum atomic E-state index is -3.63. The molecule has 0 aliphatic heterocycles. The van der Waals surface area contributed by atoms with E-state index in [1.54, 1.807) is 12.1 Å². The largest absolute Gasteiger partial charge is 0.515 e. The summed E-state index contributed by atoms with van der Waals surface area (Å²) in [5.74, 6) is -0.520. The molecule has 1 amide bonds. The van der Waals surface area contributed by atoms with Crippen molar-refractivity contribution in [2.45, 2.75) is 26.2 Å². The van der Waals surface area contributed by atoms with E-state index in [0.717, 1.165) is 18.9 Å². The van der Waals surface area contributed by atoms with Crippen LogP contribution in [-0.4, -0.2) is 55.9 Å². The van der Waals surface area contributed by atoms with Crippen LogP contribution >= 0.6 is 11.6 Å². The van der Waals surface area contributed by atoms with Gasteiger partial charge >= 0.3 is 6.16 Å². The molecule has 0 unspecified atom stereocenters. The number of carbonyl (C=O) groups is 2. The summed E-state index contributed by atoms with van der Waals surface area (Å²) in [4.78, 5) is 24.5. The molecule has 198 valence electrons. The van der Waals surface area contributed by atoms with Crippen LogP contribution < -0.4 is 19.5 Å². The molecule has 14 heteroatoms. The number of benzene rings is 2. The van der Waals surface area contributed by atoms with Crippen molar-refractivity contribution >= 4 is 45.1 Å². The monoisotopic (exact) mass is 551 g/mol. The molecule has 0 atom stereocenters. The molecule has 3 rings (SSSR count). The number of sulfonamides is 1. The molecule has 0 spiro atoms. The van der Waals surface area contributed by atoms with Gasteiger partial charge in [0.15, 0.2) is 5.75 Å². The van der Waals surface area contributed by atoms with Crippen LogP contribution in [0.15, 0.2) is 36.5 Å². The van der Waals surface area contributed by atoms with Crippen LogP contribution in [0.1, 0.15) is 36.7 Å². The second-order valence-electron chi connectivity index (χ2n) is 8.91. The van der Waals surface area contributed by atoms with E-state index in [1.807, 2.05) is 20.8 Å². The SMILES string of the molecule is COC(=O)Oc1cn(-c2cc(C(=O)Nc3cc(C(C)(C)C)cc(NS(C)(=O)=O)c3OC)ccc2Cl)nn1. The van der Waals surface area contributed by atoms with Crippen LogP contribution in [-0.2, 0) is 20.2 Å². The molecule has 0 aliphatic rings. The van der Waals surface area contributed by atoms with Gasteiger partial charge in [-0.3, -0.25) is 9.52 Å². The highest BCUT2D eigenvalue weighted by atomic mass is 35.5. The topological polar surface area (TPSA) is 151 Å². The molecule has 0 fully saturated rings. The number of nitrogens with one attached hydrogen (secondary N) is 2. The average Bonchev–Trinajstić information content (AvgIpc) is 3.25. The summed E-state index contributed by atoms with van der Waals surface area (Å²) in [5, 5.41) is 10.6. The van der Waals surface area contributed by atoms with E-state index < -0.39 is 22.1 Å². The number of anilines is 2. The van der Waals surface area contributed by atoms with Gasteiger partial charge in [-0.2, -0.15) is 0 Å². The lowest BCUT2D eigenvalue weighted by Crippen LogP contribution is -2.18. The van der Waals surface area contributed by atoms with Gasteiger partial charge in [0, 0.05) is 5.56 Å². The number of aromatic nitrogens is 3. The zero-order chi connectivity index (χ0) is 27.5. The smallest absolute Gasteiger partial charge is 0.492 e. The number of methoxy groups -OCH3 is 2. The predicted octanol–water partition coefficient (Wildman–Crippen LogP) is 4.00. The Hall–Kier alpha value is -3.84.